The van der Waals surface area contributed by atoms with Gasteiger partial charge in [0.15, 0.2) is 0 Å². The molecule has 22 heavy (non-hydrogen) atoms. The fraction of sp³-hybridized carbons (Fsp3) is 0.312. The molecule has 0 bridgehead atoms. The monoisotopic (exact) mass is 296 g/mol. The summed E-state index contributed by atoms with van der Waals surface area (Å²) in [6, 6.07) is 7.80. The van der Waals surface area contributed by atoms with Crippen LogP contribution in [0.1, 0.15) is 23.3 Å². The van der Waals surface area contributed by atoms with Crippen molar-refractivity contribution in [2.75, 3.05) is 13.1 Å². The average molecular weight is 296 g/mol. The number of pyridine rings is 1. The van der Waals surface area contributed by atoms with E-state index in [-0.39, 0.29) is 0 Å². The Hall–Kier alpha value is -2.47. The van der Waals surface area contributed by atoms with Crippen LogP contribution < -0.4 is 0 Å². The van der Waals surface area contributed by atoms with Gasteiger partial charge < -0.3 is 8.94 Å². The van der Waals surface area contributed by atoms with Crippen LogP contribution in [0, 0.1) is 6.92 Å². The van der Waals surface area contributed by atoms with Crippen molar-refractivity contribution in [3.63, 3.8) is 0 Å². The van der Waals surface area contributed by atoms with E-state index >= 15 is 0 Å². The molecule has 6 heteroatoms. The van der Waals surface area contributed by atoms with Gasteiger partial charge in [-0.2, -0.15) is 4.98 Å². The molecular weight excluding hydrogens is 280 g/mol. The third-order valence-electron chi connectivity index (χ3n) is 3.84. The molecule has 4 heterocycles. The van der Waals surface area contributed by atoms with Crippen LogP contribution in [-0.2, 0) is 6.54 Å². The van der Waals surface area contributed by atoms with Gasteiger partial charge in [-0.05, 0) is 31.2 Å². The molecule has 1 aliphatic heterocycles. The maximum Gasteiger partial charge on any atom is 0.232 e. The highest BCUT2D eigenvalue weighted by molar-refractivity contribution is 5.51. The van der Waals surface area contributed by atoms with E-state index in [1.165, 1.54) is 0 Å². The van der Waals surface area contributed by atoms with Crippen molar-refractivity contribution in [3.8, 4) is 11.4 Å². The Morgan fingerprint density at radius 1 is 1.27 bits per heavy atom. The average Bonchev–Trinajstić information content (AvgIpc) is 3.12. The Morgan fingerprint density at radius 2 is 2.18 bits per heavy atom. The fourth-order valence-corrected chi connectivity index (χ4v) is 2.66. The first-order chi connectivity index (χ1) is 10.8. The number of hydrogen-bond acceptors (Lipinski definition) is 6. The lowest BCUT2D eigenvalue weighted by molar-refractivity contribution is 0.108. The third-order valence-corrected chi connectivity index (χ3v) is 3.84. The molecule has 0 aromatic carbocycles. The number of rotatable bonds is 4. The van der Waals surface area contributed by atoms with Crippen molar-refractivity contribution in [3.05, 3.63) is 54.1 Å². The lowest BCUT2D eigenvalue weighted by Gasteiger charge is -2.36. The maximum atomic E-state index is 5.59. The van der Waals surface area contributed by atoms with Crippen molar-refractivity contribution in [2.45, 2.75) is 19.4 Å². The quantitative estimate of drug-likeness (QED) is 0.737. The zero-order valence-electron chi connectivity index (χ0n) is 12.3. The number of nitrogens with zero attached hydrogens (tertiary/aromatic N) is 4. The number of hydrogen-bond donors (Lipinski definition) is 0. The van der Waals surface area contributed by atoms with E-state index in [1.54, 1.807) is 12.4 Å². The molecule has 0 radical (unpaired) electrons. The molecule has 112 valence electrons. The van der Waals surface area contributed by atoms with Gasteiger partial charge in [0.1, 0.15) is 11.5 Å². The second kappa shape index (κ2) is 5.38. The van der Waals surface area contributed by atoms with Crippen LogP contribution in [0.5, 0.6) is 0 Å². The molecule has 6 nitrogen and oxygen atoms in total. The van der Waals surface area contributed by atoms with Crippen molar-refractivity contribution in [1.29, 1.82) is 0 Å². The third kappa shape index (κ3) is 2.53. The highest BCUT2D eigenvalue weighted by Gasteiger charge is 2.33. The first-order valence-corrected chi connectivity index (χ1v) is 7.29. The molecule has 0 atom stereocenters. The molecule has 1 aliphatic rings. The fourth-order valence-electron chi connectivity index (χ4n) is 2.66. The largest absolute Gasteiger partial charge is 0.465 e. The molecule has 3 aromatic rings. The molecule has 0 spiro atoms. The van der Waals surface area contributed by atoms with E-state index in [9.17, 15) is 0 Å². The Kier molecular flexibility index (Phi) is 3.23. The predicted octanol–water partition coefficient (Wildman–Crippen LogP) is 2.63. The lowest BCUT2D eigenvalue weighted by atomic mass is 10.00. The van der Waals surface area contributed by atoms with Crippen molar-refractivity contribution in [1.82, 2.24) is 20.0 Å². The lowest BCUT2D eigenvalue weighted by Crippen LogP contribution is -2.44. The Balaban J connectivity index is 1.38. The molecule has 3 aromatic heterocycles. The van der Waals surface area contributed by atoms with E-state index in [1.807, 2.05) is 31.2 Å². The molecule has 0 aliphatic carbocycles. The van der Waals surface area contributed by atoms with E-state index in [4.69, 9.17) is 8.94 Å². The van der Waals surface area contributed by atoms with E-state index in [0.29, 0.717) is 17.6 Å². The van der Waals surface area contributed by atoms with Gasteiger partial charge in [0.05, 0.1) is 12.5 Å². The van der Waals surface area contributed by atoms with Crippen LogP contribution in [0.4, 0.5) is 0 Å². The first kappa shape index (κ1) is 13.2. The summed E-state index contributed by atoms with van der Waals surface area (Å²) in [5, 5.41) is 4.04. The van der Waals surface area contributed by atoms with Crippen LogP contribution in [0.15, 0.2) is 45.6 Å². The summed E-state index contributed by atoms with van der Waals surface area (Å²) in [7, 11) is 0. The van der Waals surface area contributed by atoms with Crippen LogP contribution in [0.3, 0.4) is 0 Å². The van der Waals surface area contributed by atoms with Gasteiger partial charge in [-0.25, -0.2) is 0 Å². The number of aryl methyl sites for hydroxylation is 1. The highest BCUT2D eigenvalue weighted by Crippen LogP contribution is 2.28. The number of likely N-dealkylation sites (tertiary alicyclic amines) is 1. The summed E-state index contributed by atoms with van der Waals surface area (Å²) in [5.74, 6) is 3.55. The molecule has 0 saturated carbocycles. The summed E-state index contributed by atoms with van der Waals surface area (Å²) in [4.78, 5) is 10.9. The maximum absolute atomic E-state index is 5.59. The summed E-state index contributed by atoms with van der Waals surface area (Å²) in [6.07, 6.45) is 3.46. The van der Waals surface area contributed by atoms with Gasteiger partial charge >= 0.3 is 0 Å². The standard InChI is InChI=1S/C16H16N4O2/c1-11-4-5-14(21-11)10-20-8-13(9-20)16-18-15(19-22-16)12-3-2-6-17-7-12/h2-7,13H,8-10H2,1H3. The van der Waals surface area contributed by atoms with Crippen LogP contribution in [0.2, 0.25) is 0 Å². The minimum absolute atomic E-state index is 0.300. The molecule has 0 amide bonds. The smallest absolute Gasteiger partial charge is 0.232 e. The first-order valence-electron chi connectivity index (χ1n) is 7.29. The molecule has 1 saturated heterocycles. The Bertz CT molecular complexity index is 759. The molecule has 0 unspecified atom stereocenters. The number of furan rings is 1. The van der Waals surface area contributed by atoms with Crippen molar-refractivity contribution >= 4 is 0 Å². The van der Waals surface area contributed by atoms with Gasteiger partial charge in [-0.3, -0.25) is 9.88 Å². The highest BCUT2D eigenvalue weighted by atomic mass is 16.5. The van der Waals surface area contributed by atoms with Crippen molar-refractivity contribution in [2.24, 2.45) is 0 Å². The van der Waals surface area contributed by atoms with Gasteiger partial charge in [-0.1, -0.05) is 5.16 Å². The molecule has 0 N–H and O–H groups in total. The number of aromatic nitrogens is 3. The molecule has 4 rings (SSSR count). The second-order valence-corrected chi connectivity index (χ2v) is 5.60. The summed E-state index contributed by atoms with van der Waals surface area (Å²) in [5.41, 5.74) is 0.875. The summed E-state index contributed by atoms with van der Waals surface area (Å²) >= 11 is 0. The topological polar surface area (TPSA) is 68.2 Å². The van der Waals surface area contributed by atoms with E-state index < -0.39 is 0 Å². The van der Waals surface area contributed by atoms with Crippen LogP contribution in [0.25, 0.3) is 11.4 Å². The summed E-state index contributed by atoms with van der Waals surface area (Å²) < 4.78 is 11.0. The minimum Gasteiger partial charge on any atom is -0.465 e. The molecule has 1 fully saturated rings. The van der Waals surface area contributed by atoms with Gasteiger partial charge in [0, 0.05) is 31.0 Å². The van der Waals surface area contributed by atoms with Crippen molar-refractivity contribution < 1.29 is 8.94 Å². The minimum atomic E-state index is 0.300. The van der Waals surface area contributed by atoms with Gasteiger partial charge in [0.2, 0.25) is 11.7 Å². The van der Waals surface area contributed by atoms with Crippen LogP contribution >= 0.6 is 0 Å². The Morgan fingerprint density at radius 3 is 2.91 bits per heavy atom. The second-order valence-electron chi connectivity index (χ2n) is 5.60. The molecular formula is C16H16N4O2. The SMILES string of the molecule is Cc1ccc(CN2CC(c3nc(-c4cccnc4)no3)C2)o1. The van der Waals surface area contributed by atoms with Crippen LogP contribution in [-0.4, -0.2) is 33.1 Å². The predicted molar refractivity (Wildman–Crippen MR) is 79.0 cm³/mol. The summed E-state index contributed by atoms with van der Waals surface area (Å²) in [6.45, 7) is 4.61. The zero-order chi connectivity index (χ0) is 14.9. The van der Waals surface area contributed by atoms with Gasteiger partial charge in [0.25, 0.3) is 0 Å². The zero-order valence-corrected chi connectivity index (χ0v) is 12.3. The van der Waals surface area contributed by atoms with E-state index in [2.05, 4.69) is 20.0 Å². The Labute approximate surface area is 127 Å². The van der Waals surface area contributed by atoms with E-state index in [0.717, 1.165) is 36.7 Å². The normalized spacial score (nSPS) is 15.9. The van der Waals surface area contributed by atoms with Gasteiger partial charge in [-0.15, -0.1) is 0 Å².